The van der Waals surface area contributed by atoms with Crippen molar-refractivity contribution in [1.29, 1.82) is 0 Å². The average molecular weight is 420 g/mol. The molecule has 0 bridgehead atoms. The third-order valence-corrected chi connectivity index (χ3v) is 6.15. The van der Waals surface area contributed by atoms with Crippen molar-refractivity contribution < 1.29 is 8.42 Å². The molecule has 5 nitrogen and oxygen atoms in total. The van der Waals surface area contributed by atoms with Crippen LogP contribution in [0.25, 0.3) is 5.69 Å². The molecule has 1 aromatic heterocycles. The first-order valence-corrected chi connectivity index (χ1v) is 10.1. The molecule has 25 heavy (non-hydrogen) atoms. The molecule has 130 valence electrons. The fraction of sp³-hybridized carbons (Fsp3) is 0.167. The summed E-state index contributed by atoms with van der Waals surface area (Å²) >= 11 is 3.38. The standard InChI is InChI=1S/C18H18BrN3O2S/c1-14-11-17(7-8-18(14)19)25(23,24)21-10-9-15-12-20-22(13-15)16-5-3-2-4-6-16/h2-8,11-13,21H,9-10H2,1H3. The maximum Gasteiger partial charge on any atom is 0.240 e. The molecule has 0 amide bonds. The summed E-state index contributed by atoms with van der Waals surface area (Å²) in [6.07, 6.45) is 4.24. The topological polar surface area (TPSA) is 64.0 Å². The number of para-hydroxylation sites is 1. The number of hydrogen-bond donors (Lipinski definition) is 1. The van der Waals surface area contributed by atoms with Crippen LogP contribution in [0.15, 0.2) is 70.3 Å². The Labute approximate surface area is 155 Å². The summed E-state index contributed by atoms with van der Waals surface area (Å²) in [5.74, 6) is 0. The highest BCUT2D eigenvalue weighted by atomic mass is 79.9. The Morgan fingerprint density at radius 3 is 2.64 bits per heavy atom. The van der Waals surface area contributed by atoms with Gasteiger partial charge in [0.05, 0.1) is 16.8 Å². The van der Waals surface area contributed by atoms with Crippen LogP contribution in [0, 0.1) is 6.92 Å². The van der Waals surface area contributed by atoms with E-state index in [0.29, 0.717) is 13.0 Å². The fourth-order valence-corrected chi connectivity index (χ4v) is 3.77. The molecule has 0 fully saturated rings. The summed E-state index contributed by atoms with van der Waals surface area (Å²) in [7, 11) is -3.51. The second-order valence-electron chi connectivity index (χ2n) is 5.69. The summed E-state index contributed by atoms with van der Waals surface area (Å²) in [4.78, 5) is 0.271. The number of sulfonamides is 1. The number of benzene rings is 2. The lowest BCUT2D eigenvalue weighted by atomic mass is 10.2. The monoisotopic (exact) mass is 419 g/mol. The molecule has 0 aliphatic rings. The van der Waals surface area contributed by atoms with E-state index in [2.05, 4.69) is 25.8 Å². The van der Waals surface area contributed by atoms with Crippen LogP contribution < -0.4 is 4.72 Å². The Morgan fingerprint density at radius 2 is 1.92 bits per heavy atom. The Hall–Kier alpha value is -1.96. The highest BCUT2D eigenvalue weighted by molar-refractivity contribution is 9.10. The summed E-state index contributed by atoms with van der Waals surface area (Å²) in [6, 6.07) is 14.8. The Balaban J connectivity index is 1.63. The number of hydrogen-bond acceptors (Lipinski definition) is 3. The predicted octanol–water partition coefficient (Wildman–Crippen LogP) is 3.46. The first kappa shape index (κ1) is 17.8. The molecule has 0 spiro atoms. The maximum absolute atomic E-state index is 12.4. The highest BCUT2D eigenvalue weighted by Gasteiger charge is 2.14. The van der Waals surface area contributed by atoms with E-state index in [1.165, 1.54) is 0 Å². The molecule has 0 saturated carbocycles. The van der Waals surface area contributed by atoms with Gasteiger partial charge in [-0.2, -0.15) is 5.10 Å². The minimum absolute atomic E-state index is 0.271. The summed E-state index contributed by atoms with van der Waals surface area (Å²) in [5.41, 5.74) is 2.82. The Morgan fingerprint density at radius 1 is 1.16 bits per heavy atom. The lowest BCUT2D eigenvalue weighted by molar-refractivity contribution is 0.581. The molecule has 0 unspecified atom stereocenters. The third kappa shape index (κ3) is 4.36. The van der Waals surface area contributed by atoms with Crippen LogP contribution in [-0.4, -0.2) is 24.7 Å². The molecule has 3 rings (SSSR count). The van der Waals surface area contributed by atoms with Crippen LogP contribution in [-0.2, 0) is 16.4 Å². The van der Waals surface area contributed by atoms with E-state index in [9.17, 15) is 8.42 Å². The third-order valence-electron chi connectivity index (χ3n) is 3.80. The Bertz CT molecular complexity index is 969. The van der Waals surface area contributed by atoms with Crippen LogP contribution in [0.4, 0.5) is 0 Å². The van der Waals surface area contributed by atoms with Gasteiger partial charge in [-0.1, -0.05) is 34.1 Å². The highest BCUT2D eigenvalue weighted by Crippen LogP contribution is 2.19. The van der Waals surface area contributed by atoms with E-state index in [-0.39, 0.29) is 4.90 Å². The smallest absolute Gasteiger partial charge is 0.240 e. The second kappa shape index (κ2) is 7.51. The molecule has 1 heterocycles. The van der Waals surface area contributed by atoms with Gasteiger partial charge in [-0.25, -0.2) is 17.8 Å². The van der Waals surface area contributed by atoms with Gasteiger partial charge in [-0.05, 0) is 54.8 Å². The first-order valence-electron chi connectivity index (χ1n) is 7.80. The van der Waals surface area contributed by atoms with Gasteiger partial charge in [0.2, 0.25) is 10.0 Å². The van der Waals surface area contributed by atoms with E-state index in [1.54, 1.807) is 29.1 Å². The first-order chi connectivity index (χ1) is 12.0. The van der Waals surface area contributed by atoms with E-state index in [1.807, 2.05) is 43.5 Å². The van der Waals surface area contributed by atoms with Gasteiger partial charge in [0.1, 0.15) is 0 Å². The molecule has 3 aromatic rings. The SMILES string of the molecule is Cc1cc(S(=O)(=O)NCCc2cnn(-c3ccccc3)c2)ccc1Br. The summed E-state index contributed by atoms with van der Waals surface area (Å²) < 4.78 is 30.0. The zero-order valence-corrected chi connectivity index (χ0v) is 16.1. The van der Waals surface area contributed by atoms with Crippen molar-refractivity contribution >= 4 is 26.0 Å². The second-order valence-corrected chi connectivity index (χ2v) is 8.31. The molecule has 0 atom stereocenters. The van der Waals surface area contributed by atoms with Crippen molar-refractivity contribution in [1.82, 2.24) is 14.5 Å². The minimum atomic E-state index is -3.51. The van der Waals surface area contributed by atoms with E-state index in [0.717, 1.165) is 21.3 Å². The number of nitrogens with one attached hydrogen (secondary N) is 1. The molecule has 0 aliphatic carbocycles. The molecule has 0 saturated heterocycles. The van der Waals surface area contributed by atoms with Gasteiger partial charge in [-0.15, -0.1) is 0 Å². The quantitative estimate of drug-likeness (QED) is 0.665. The minimum Gasteiger partial charge on any atom is -0.241 e. The number of aromatic nitrogens is 2. The van der Waals surface area contributed by atoms with Crippen molar-refractivity contribution in [3.05, 3.63) is 76.5 Å². The van der Waals surface area contributed by atoms with Crippen LogP contribution >= 0.6 is 15.9 Å². The van der Waals surface area contributed by atoms with E-state index < -0.39 is 10.0 Å². The molecule has 0 aliphatic heterocycles. The molecular formula is C18H18BrN3O2S. The largest absolute Gasteiger partial charge is 0.241 e. The number of halogens is 1. The van der Waals surface area contributed by atoms with Crippen LogP contribution in [0.2, 0.25) is 0 Å². The number of nitrogens with zero attached hydrogens (tertiary/aromatic N) is 2. The van der Waals surface area contributed by atoms with Crippen molar-refractivity contribution in [2.75, 3.05) is 6.54 Å². The van der Waals surface area contributed by atoms with Crippen molar-refractivity contribution in [2.24, 2.45) is 0 Å². The molecule has 0 radical (unpaired) electrons. The maximum atomic E-state index is 12.4. The normalized spacial score (nSPS) is 11.6. The van der Waals surface area contributed by atoms with Crippen LogP contribution in [0.5, 0.6) is 0 Å². The van der Waals surface area contributed by atoms with Crippen LogP contribution in [0.3, 0.4) is 0 Å². The van der Waals surface area contributed by atoms with Crippen LogP contribution in [0.1, 0.15) is 11.1 Å². The van der Waals surface area contributed by atoms with Gasteiger partial charge in [0, 0.05) is 17.2 Å². The summed E-state index contributed by atoms with van der Waals surface area (Å²) in [5, 5.41) is 4.32. The fourth-order valence-electron chi connectivity index (χ4n) is 2.41. The number of rotatable bonds is 6. The van der Waals surface area contributed by atoms with E-state index >= 15 is 0 Å². The molecule has 2 aromatic carbocycles. The van der Waals surface area contributed by atoms with Gasteiger partial charge >= 0.3 is 0 Å². The van der Waals surface area contributed by atoms with Gasteiger partial charge in [0.25, 0.3) is 0 Å². The molecular weight excluding hydrogens is 402 g/mol. The molecule has 1 N–H and O–H groups in total. The molecule has 7 heteroatoms. The number of aryl methyl sites for hydroxylation is 1. The van der Waals surface area contributed by atoms with Gasteiger partial charge < -0.3 is 0 Å². The Kier molecular flexibility index (Phi) is 5.36. The zero-order valence-electron chi connectivity index (χ0n) is 13.7. The zero-order chi connectivity index (χ0) is 17.9. The van der Waals surface area contributed by atoms with Crippen molar-refractivity contribution in [3.63, 3.8) is 0 Å². The predicted molar refractivity (Wildman–Crippen MR) is 101 cm³/mol. The van der Waals surface area contributed by atoms with Crippen molar-refractivity contribution in [2.45, 2.75) is 18.2 Å². The van der Waals surface area contributed by atoms with Gasteiger partial charge in [-0.3, -0.25) is 0 Å². The lowest BCUT2D eigenvalue weighted by Crippen LogP contribution is -2.26. The summed E-state index contributed by atoms with van der Waals surface area (Å²) in [6.45, 7) is 2.18. The van der Waals surface area contributed by atoms with E-state index in [4.69, 9.17) is 0 Å². The lowest BCUT2D eigenvalue weighted by Gasteiger charge is -2.07. The van der Waals surface area contributed by atoms with Crippen molar-refractivity contribution in [3.8, 4) is 5.69 Å². The average Bonchev–Trinajstić information content (AvgIpc) is 3.07. The van der Waals surface area contributed by atoms with Gasteiger partial charge in [0.15, 0.2) is 0 Å².